The number of carbonyl (C=O) groups is 1. The normalized spacial score (nSPS) is 21.5. The van der Waals surface area contributed by atoms with Crippen molar-refractivity contribution in [2.75, 3.05) is 25.0 Å². The number of carbonyl (C=O) groups excluding carboxylic acids is 1. The smallest absolute Gasteiger partial charge is 0.322 e. The fourth-order valence-corrected chi connectivity index (χ4v) is 2.66. The maximum Gasteiger partial charge on any atom is 0.322 e. The summed E-state index contributed by atoms with van der Waals surface area (Å²) in [6.45, 7) is 3.38. The van der Waals surface area contributed by atoms with Crippen LogP contribution in [0.4, 0.5) is 6.01 Å². The lowest BCUT2D eigenvalue weighted by Crippen LogP contribution is -2.62. The Labute approximate surface area is 117 Å². The predicted octanol–water partition coefficient (Wildman–Crippen LogP) is 0.732. The Bertz CT molecular complexity index is 492. The van der Waals surface area contributed by atoms with Crippen molar-refractivity contribution < 1.29 is 14.3 Å². The number of hydrogen-bond acceptors (Lipinski definition) is 6. The van der Waals surface area contributed by atoms with Crippen LogP contribution in [0.5, 0.6) is 0 Å². The molecule has 1 aromatic heterocycles. The standard InChI is InChI=1S/C13H20N4O3/c1-2-5-13(19)7-17(8-13)6-10(18)14-12-16-15-11(20-12)9-3-4-9/h9,19H,2-8H2,1H3,(H,14,16,18). The second kappa shape index (κ2) is 5.14. The first-order valence-electron chi connectivity index (χ1n) is 7.16. The van der Waals surface area contributed by atoms with Crippen LogP contribution in [0.15, 0.2) is 4.42 Å². The number of hydrogen-bond donors (Lipinski definition) is 2. The van der Waals surface area contributed by atoms with Crippen LogP contribution in [-0.4, -0.2) is 51.3 Å². The van der Waals surface area contributed by atoms with Gasteiger partial charge in [0.2, 0.25) is 11.8 Å². The van der Waals surface area contributed by atoms with Gasteiger partial charge in [-0.05, 0) is 19.3 Å². The van der Waals surface area contributed by atoms with E-state index in [-0.39, 0.29) is 18.5 Å². The maximum atomic E-state index is 11.8. The average Bonchev–Trinajstić information content (AvgIpc) is 3.09. The fraction of sp³-hybridized carbons (Fsp3) is 0.769. The number of amides is 1. The van der Waals surface area contributed by atoms with E-state index < -0.39 is 5.60 Å². The Morgan fingerprint density at radius 1 is 1.50 bits per heavy atom. The molecule has 0 radical (unpaired) electrons. The van der Waals surface area contributed by atoms with E-state index in [4.69, 9.17) is 4.42 Å². The van der Waals surface area contributed by atoms with E-state index in [9.17, 15) is 9.90 Å². The van der Waals surface area contributed by atoms with Gasteiger partial charge in [-0.2, -0.15) is 0 Å². The van der Waals surface area contributed by atoms with Gasteiger partial charge in [0.1, 0.15) is 0 Å². The minimum absolute atomic E-state index is 0.168. The monoisotopic (exact) mass is 280 g/mol. The summed E-state index contributed by atoms with van der Waals surface area (Å²) < 4.78 is 5.37. The summed E-state index contributed by atoms with van der Waals surface area (Å²) in [7, 11) is 0. The van der Waals surface area contributed by atoms with Gasteiger partial charge in [0, 0.05) is 19.0 Å². The van der Waals surface area contributed by atoms with E-state index in [2.05, 4.69) is 15.5 Å². The van der Waals surface area contributed by atoms with Gasteiger partial charge in [-0.25, -0.2) is 0 Å². The van der Waals surface area contributed by atoms with Crippen LogP contribution < -0.4 is 5.32 Å². The van der Waals surface area contributed by atoms with Crippen LogP contribution in [0.25, 0.3) is 0 Å². The van der Waals surface area contributed by atoms with Gasteiger partial charge in [0.15, 0.2) is 0 Å². The van der Waals surface area contributed by atoms with Gasteiger partial charge < -0.3 is 9.52 Å². The minimum atomic E-state index is -0.612. The van der Waals surface area contributed by atoms with Crippen LogP contribution in [0.3, 0.4) is 0 Å². The second-order valence-corrected chi connectivity index (χ2v) is 5.89. The molecule has 0 unspecified atom stereocenters. The summed E-state index contributed by atoms with van der Waals surface area (Å²) in [4.78, 5) is 13.7. The SMILES string of the molecule is CCCC1(O)CN(CC(=O)Nc2nnc(C3CC3)o2)C1. The Kier molecular flexibility index (Phi) is 3.47. The van der Waals surface area contributed by atoms with Crippen LogP contribution in [0.1, 0.15) is 44.4 Å². The van der Waals surface area contributed by atoms with Gasteiger partial charge in [-0.1, -0.05) is 18.4 Å². The Hall–Kier alpha value is -1.47. The van der Waals surface area contributed by atoms with Crippen molar-refractivity contribution >= 4 is 11.9 Å². The third-order valence-electron chi connectivity index (χ3n) is 3.73. The first-order chi connectivity index (χ1) is 9.58. The quantitative estimate of drug-likeness (QED) is 0.798. The second-order valence-electron chi connectivity index (χ2n) is 5.89. The molecule has 3 rings (SSSR count). The summed E-state index contributed by atoms with van der Waals surface area (Å²) >= 11 is 0. The highest BCUT2D eigenvalue weighted by Crippen LogP contribution is 2.39. The first-order valence-corrected chi connectivity index (χ1v) is 7.16. The molecule has 2 N–H and O–H groups in total. The topological polar surface area (TPSA) is 91.5 Å². The molecule has 1 amide bonds. The molecule has 1 saturated heterocycles. The Morgan fingerprint density at radius 3 is 2.90 bits per heavy atom. The highest BCUT2D eigenvalue weighted by molar-refractivity contribution is 5.90. The van der Waals surface area contributed by atoms with Crippen molar-refractivity contribution in [1.29, 1.82) is 0 Å². The predicted molar refractivity (Wildman–Crippen MR) is 71.2 cm³/mol. The van der Waals surface area contributed by atoms with Crippen LogP contribution in [0.2, 0.25) is 0 Å². The lowest BCUT2D eigenvalue weighted by molar-refractivity contribution is -0.129. The first kappa shape index (κ1) is 13.5. The van der Waals surface area contributed by atoms with E-state index >= 15 is 0 Å². The molecule has 7 nitrogen and oxygen atoms in total. The molecule has 1 aliphatic carbocycles. The van der Waals surface area contributed by atoms with E-state index in [1.807, 2.05) is 11.8 Å². The molecule has 0 atom stereocenters. The molecular formula is C13H20N4O3. The minimum Gasteiger partial charge on any atom is -0.408 e. The lowest BCUT2D eigenvalue weighted by atomic mass is 9.89. The average molecular weight is 280 g/mol. The van der Waals surface area contributed by atoms with E-state index in [0.717, 1.165) is 25.7 Å². The molecule has 110 valence electrons. The number of aromatic nitrogens is 2. The highest BCUT2D eigenvalue weighted by Gasteiger charge is 2.40. The van der Waals surface area contributed by atoms with E-state index in [0.29, 0.717) is 24.9 Å². The number of anilines is 1. The molecule has 20 heavy (non-hydrogen) atoms. The van der Waals surface area contributed by atoms with Crippen LogP contribution >= 0.6 is 0 Å². The molecule has 1 aromatic rings. The van der Waals surface area contributed by atoms with Crippen molar-refractivity contribution in [2.24, 2.45) is 0 Å². The molecule has 2 fully saturated rings. The maximum absolute atomic E-state index is 11.8. The van der Waals surface area contributed by atoms with E-state index in [1.165, 1.54) is 0 Å². The number of aliphatic hydroxyl groups is 1. The van der Waals surface area contributed by atoms with Gasteiger partial charge in [0.05, 0.1) is 12.1 Å². The van der Waals surface area contributed by atoms with Crippen molar-refractivity contribution in [3.05, 3.63) is 5.89 Å². The molecule has 2 aliphatic rings. The van der Waals surface area contributed by atoms with Gasteiger partial charge in [-0.3, -0.25) is 15.0 Å². The third kappa shape index (κ3) is 2.99. The Morgan fingerprint density at radius 2 is 2.25 bits per heavy atom. The van der Waals surface area contributed by atoms with Crippen molar-refractivity contribution in [2.45, 2.75) is 44.1 Å². The molecule has 7 heteroatoms. The summed E-state index contributed by atoms with van der Waals surface area (Å²) in [5, 5.41) is 20.4. The lowest BCUT2D eigenvalue weighted by Gasteiger charge is -2.46. The van der Waals surface area contributed by atoms with Gasteiger partial charge in [-0.15, -0.1) is 5.10 Å². The van der Waals surface area contributed by atoms with Crippen molar-refractivity contribution in [3.63, 3.8) is 0 Å². The molecule has 2 heterocycles. The zero-order valence-corrected chi connectivity index (χ0v) is 11.6. The molecule has 1 saturated carbocycles. The molecular weight excluding hydrogens is 260 g/mol. The summed E-state index contributed by atoms with van der Waals surface area (Å²) in [6, 6.07) is 0.168. The molecule has 0 spiro atoms. The fourth-order valence-electron chi connectivity index (χ4n) is 2.66. The zero-order chi connectivity index (χ0) is 14.2. The van der Waals surface area contributed by atoms with Crippen LogP contribution in [0, 0.1) is 0 Å². The van der Waals surface area contributed by atoms with Crippen molar-refractivity contribution in [1.82, 2.24) is 15.1 Å². The number of β-amino-alcohol motifs (C(OH)–C–C–N with tert-alkyl or cyclic N) is 1. The molecule has 0 aromatic carbocycles. The summed E-state index contributed by atoms with van der Waals surface area (Å²) in [5.41, 5.74) is -0.612. The van der Waals surface area contributed by atoms with Crippen LogP contribution in [-0.2, 0) is 4.79 Å². The van der Waals surface area contributed by atoms with Gasteiger partial charge >= 0.3 is 6.01 Å². The van der Waals surface area contributed by atoms with E-state index in [1.54, 1.807) is 0 Å². The summed E-state index contributed by atoms with van der Waals surface area (Å²) in [5.74, 6) is 0.809. The highest BCUT2D eigenvalue weighted by atomic mass is 16.4. The Balaban J connectivity index is 1.43. The number of rotatable bonds is 6. The zero-order valence-electron chi connectivity index (χ0n) is 11.6. The number of nitrogens with zero attached hydrogens (tertiary/aromatic N) is 3. The number of nitrogens with one attached hydrogen (secondary N) is 1. The van der Waals surface area contributed by atoms with Crippen molar-refractivity contribution in [3.8, 4) is 0 Å². The van der Waals surface area contributed by atoms with Gasteiger partial charge in [0.25, 0.3) is 0 Å². The molecule has 1 aliphatic heterocycles. The molecule has 0 bridgehead atoms. The largest absolute Gasteiger partial charge is 0.408 e. The number of likely N-dealkylation sites (tertiary alicyclic amines) is 1. The summed E-state index contributed by atoms with van der Waals surface area (Å²) in [6.07, 6.45) is 3.89. The third-order valence-corrected chi connectivity index (χ3v) is 3.73.